The van der Waals surface area contributed by atoms with Crippen molar-refractivity contribution in [3.8, 4) is 0 Å². The quantitative estimate of drug-likeness (QED) is 0.0478. The van der Waals surface area contributed by atoms with Gasteiger partial charge in [0.2, 0.25) is 5.91 Å². The lowest BCUT2D eigenvalue weighted by atomic mass is 9.85. The Balaban J connectivity index is 2.51. The van der Waals surface area contributed by atoms with Gasteiger partial charge in [0.15, 0.2) is 0 Å². The first-order valence-corrected chi connectivity index (χ1v) is 18.6. The maximum Gasteiger partial charge on any atom is 0.472 e. The molecule has 0 bridgehead atoms. The van der Waals surface area contributed by atoms with Crippen molar-refractivity contribution in [2.75, 3.05) is 6.61 Å². The number of amides is 1. The molecule has 1 fully saturated rings. The summed E-state index contributed by atoms with van der Waals surface area (Å²) < 4.78 is 22.4. The van der Waals surface area contributed by atoms with Gasteiger partial charge < -0.3 is 46.0 Å². The van der Waals surface area contributed by atoms with Crippen LogP contribution < -0.4 is 5.32 Å². The second-order valence-electron chi connectivity index (χ2n) is 12.6. The molecule has 45 heavy (non-hydrogen) atoms. The lowest BCUT2D eigenvalue weighted by Crippen LogP contribution is -2.64. The van der Waals surface area contributed by atoms with Gasteiger partial charge in [0.05, 0.1) is 31.3 Å². The first-order chi connectivity index (χ1) is 21.3. The standard InChI is InChI=1S/C31H62NO12P/c1-3-5-7-8-9-10-11-12-13-14-15-17-18-22(33)20-25(35)32-23(24(34)19-16-6-4-2)21-43-45(41,42)44-31-29(39)27(37)26(36)28(38)30(31)40/h22-24,26-31,33-34,36-40H,3-21H2,1-2H3,(H,32,35)(H,41,42). The second kappa shape index (κ2) is 23.6. The highest BCUT2D eigenvalue weighted by Gasteiger charge is 2.51. The molecule has 0 saturated heterocycles. The van der Waals surface area contributed by atoms with Crippen LogP contribution in [-0.2, 0) is 18.4 Å². The zero-order valence-corrected chi connectivity index (χ0v) is 28.2. The van der Waals surface area contributed by atoms with Crippen molar-refractivity contribution >= 4 is 13.7 Å². The van der Waals surface area contributed by atoms with Gasteiger partial charge in [0.1, 0.15) is 36.6 Å². The predicted octanol–water partition coefficient (Wildman–Crippen LogP) is 2.57. The largest absolute Gasteiger partial charge is 0.472 e. The molecule has 1 rings (SSSR count). The van der Waals surface area contributed by atoms with E-state index in [1.54, 1.807) is 0 Å². The molecule has 8 unspecified atom stereocenters. The van der Waals surface area contributed by atoms with Gasteiger partial charge in [-0.15, -0.1) is 0 Å². The van der Waals surface area contributed by atoms with Crippen LogP contribution in [0.3, 0.4) is 0 Å². The molecule has 0 aliphatic heterocycles. The maximum atomic E-state index is 12.7. The summed E-state index contributed by atoms with van der Waals surface area (Å²) >= 11 is 0. The molecule has 8 atom stereocenters. The van der Waals surface area contributed by atoms with Crippen LogP contribution >= 0.6 is 7.82 Å². The fourth-order valence-corrected chi connectivity index (χ4v) is 6.50. The number of aliphatic hydroxyl groups excluding tert-OH is 7. The molecule has 1 amide bonds. The van der Waals surface area contributed by atoms with Gasteiger partial charge in [0.25, 0.3) is 0 Å². The average Bonchev–Trinajstić information content (AvgIpc) is 3.00. The third kappa shape index (κ3) is 17.3. The van der Waals surface area contributed by atoms with Crippen LogP contribution in [0, 0.1) is 0 Å². The Labute approximate surface area is 269 Å². The van der Waals surface area contributed by atoms with Crippen molar-refractivity contribution in [3.05, 3.63) is 0 Å². The Kier molecular flexibility index (Phi) is 22.2. The van der Waals surface area contributed by atoms with Crippen LogP contribution in [0.2, 0.25) is 0 Å². The van der Waals surface area contributed by atoms with Gasteiger partial charge >= 0.3 is 7.82 Å². The SMILES string of the molecule is CCCCCCCCCCCCCCC(O)CC(=O)NC(COP(=O)(O)OC1C(O)C(O)C(O)C(O)C1O)C(O)CCCCC. The van der Waals surface area contributed by atoms with E-state index in [0.717, 1.165) is 38.5 Å². The number of carbonyl (C=O) groups is 1. The number of hydrogen-bond donors (Lipinski definition) is 9. The highest BCUT2D eigenvalue weighted by atomic mass is 31.2. The number of phosphoric acid groups is 1. The molecule has 268 valence electrons. The number of aliphatic hydroxyl groups is 7. The molecular formula is C31H62NO12P. The Bertz CT molecular complexity index is 807. The second-order valence-corrected chi connectivity index (χ2v) is 14.0. The van der Waals surface area contributed by atoms with E-state index in [0.29, 0.717) is 12.8 Å². The van der Waals surface area contributed by atoms with E-state index in [9.17, 15) is 50.0 Å². The minimum Gasteiger partial charge on any atom is -0.393 e. The number of unbranched alkanes of at least 4 members (excludes halogenated alkanes) is 13. The summed E-state index contributed by atoms with van der Waals surface area (Å²) in [6.07, 6.45) is 3.14. The van der Waals surface area contributed by atoms with Crippen LogP contribution in [0.15, 0.2) is 0 Å². The van der Waals surface area contributed by atoms with E-state index in [1.165, 1.54) is 51.4 Å². The number of carbonyl (C=O) groups excluding carboxylic acids is 1. The third-order valence-corrected chi connectivity index (χ3v) is 9.46. The summed E-state index contributed by atoms with van der Waals surface area (Å²) in [5, 5.41) is 73.2. The zero-order chi connectivity index (χ0) is 33.8. The molecule has 14 heteroatoms. The van der Waals surface area contributed by atoms with Crippen molar-refractivity contribution < 1.29 is 59.0 Å². The van der Waals surface area contributed by atoms with E-state index in [2.05, 4.69) is 12.2 Å². The molecule has 9 N–H and O–H groups in total. The molecule has 1 aliphatic carbocycles. The number of hydrogen-bond acceptors (Lipinski definition) is 11. The van der Waals surface area contributed by atoms with Crippen molar-refractivity contribution in [2.45, 2.75) is 184 Å². The highest BCUT2D eigenvalue weighted by Crippen LogP contribution is 2.47. The Hall–Kier alpha value is -0.700. The van der Waals surface area contributed by atoms with Gasteiger partial charge in [-0.05, 0) is 12.8 Å². The number of nitrogens with one attached hydrogen (secondary N) is 1. The zero-order valence-electron chi connectivity index (χ0n) is 27.3. The van der Waals surface area contributed by atoms with Crippen LogP contribution in [0.25, 0.3) is 0 Å². The molecule has 1 saturated carbocycles. The predicted molar refractivity (Wildman–Crippen MR) is 169 cm³/mol. The fourth-order valence-electron chi connectivity index (χ4n) is 5.54. The highest BCUT2D eigenvalue weighted by molar-refractivity contribution is 7.47. The van der Waals surface area contributed by atoms with Crippen LogP contribution in [0.5, 0.6) is 0 Å². The summed E-state index contributed by atoms with van der Waals surface area (Å²) in [6, 6.07) is -1.14. The summed E-state index contributed by atoms with van der Waals surface area (Å²) in [5.41, 5.74) is 0. The monoisotopic (exact) mass is 671 g/mol. The molecule has 0 aromatic carbocycles. The van der Waals surface area contributed by atoms with Crippen molar-refractivity contribution in [2.24, 2.45) is 0 Å². The summed E-state index contributed by atoms with van der Waals surface area (Å²) in [5.74, 6) is -0.573. The van der Waals surface area contributed by atoms with Crippen LogP contribution in [0.1, 0.15) is 129 Å². The molecular weight excluding hydrogens is 609 g/mol. The lowest BCUT2D eigenvalue weighted by molar-refractivity contribution is -0.220. The van der Waals surface area contributed by atoms with E-state index in [1.807, 2.05) is 6.92 Å². The van der Waals surface area contributed by atoms with Gasteiger partial charge in [-0.25, -0.2) is 4.57 Å². The van der Waals surface area contributed by atoms with Gasteiger partial charge in [-0.3, -0.25) is 13.8 Å². The molecule has 0 aromatic heterocycles. The first-order valence-electron chi connectivity index (χ1n) is 17.1. The normalized spacial score (nSPS) is 27.1. The summed E-state index contributed by atoms with van der Waals surface area (Å²) in [6.45, 7) is 3.51. The minimum atomic E-state index is -5.08. The maximum absolute atomic E-state index is 12.7. The van der Waals surface area contributed by atoms with Gasteiger partial charge in [-0.2, -0.15) is 0 Å². The van der Waals surface area contributed by atoms with Crippen molar-refractivity contribution in [3.63, 3.8) is 0 Å². The summed E-state index contributed by atoms with van der Waals surface area (Å²) in [7, 11) is -5.08. The molecule has 0 radical (unpaired) electrons. The van der Waals surface area contributed by atoms with Crippen LogP contribution in [0.4, 0.5) is 0 Å². The fraction of sp³-hybridized carbons (Fsp3) is 0.968. The molecule has 0 spiro atoms. The molecule has 0 heterocycles. The average molecular weight is 672 g/mol. The Morgan fingerprint density at radius 3 is 1.62 bits per heavy atom. The van der Waals surface area contributed by atoms with E-state index < -0.39 is 75.2 Å². The number of phosphoric ester groups is 1. The molecule has 13 nitrogen and oxygen atoms in total. The summed E-state index contributed by atoms with van der Waals surface area (Å²) in [4.78, 5) is 22.9. The molecule has 1 aliphatic rings. The van der Waals surface area contributed by atoms with E-state index in [4.69, 9.17) is 9.05 Å². The van der Waals surface area contributed by atoms with Crippen molar-refractivity contribution in [1.82, 2.24) is 5.32 Å². The third-order valence-electron chi connectivity index (χ3n) is 8.47. The Morgan fingerprint density at radius 1 is 0.689 bits per heavy atom. The van der Waals surface area contributed by atoms with E-state index in [-0.39, 0.29) is 12.8 Å². The van der Waals surface area contributed by atoms with Crippen LogP contribution in [-0.4, -0.2) is 108 Å². The number of rotatable bonds is 26. The van der Waals surface area contributed by atoms with Gasteiger partial charge in [-0.1, -0.05) is 110 Å². The Morgan fingerprint density at radius 2 is 1.11 bits per heavy atom. The molecule has 0 aromatic rings. The first kappa shape index (κ1) is 42.3. The smallest absolute Gasteiger partial charge is 0.393 e. The lowest BCUT2D eigenvalue weighted by Gasteiger charge is -2.41. The van der Waals surface area contributed by atoms with Gasteiger partial charge in [0, 0.05) is 0 Å². The van der Waals surface area contributed by atoms with Crippen molar-refractivity contribution in [1.29, 1.82) is 0 Å². The van der Waals surface area contributed by atoms with E-state index >= 15 is 0 Å². The topological polar surface area (TPSA) is 226 Å². The minimum absolute atomic E-state index is 0.220.